The molecule has 3 heteroatoms. The lowest BCUT2D eigenvalue weighted by atomic mass is 9.86. The van der Waals surface area contributed by atoms with Gasteiger partial charge < -0.3 is 10.0 Å². The second-order valence-electron chi connectivity index (χ2n) is 5.91. The quantitative estimate of drug-likeness (QED) is 0.883. The van der Waals surface area contributed by atoms with Crippen LogP contribution in [0.2, 0.25) is 0 Å². The number of benzene rings is 1. The number of aliphatic hydroxyl groups excluding tert-OH is 1. The Morgan fingerprint density at radius 3 is 2.42 bits per heavy atom. The molecule has 19 heavy (non-hydrogen) atoms. The summed E-state index contributed by atoms with van der Waals surface area (Å²) >= 11 is 3.64. The van der Waals surface area contributed by atoms with Gasteiger partial charge in [-0.05, 0) is 72.2 Å². The molecule has 106 valence electrons. The van der Waals surface area contributed by atoms with E-state index in [9.17, 15) is 5.11 Å². The monoisotopic (exact) mass is 325 g/mol. The third-order valence-electron chi connectivity index (χ3n) is 4.37. The Morgan fingerprint density at radius 1 is 1.26 bits per heavy atom. The van der Waals surface area contributed by atoms with Gasteiger partial charge in [-0.15, -0.1) is 0 Å². The van der Waals surface area contributed by atoms with Crippen LogP contribution in [0.25, 0.3) is 0 Å². The number of nitrogens with zero attached hydrogens (tertiary/aromatic N) is 1. The standard InChI is InChI=1S/C16H24BrNO/c1-11-4-7-14(8-5-11)18(3)16-9-6-13(12(2)19)10-15(16)17/h6,9-12,14,19H,4-5,7-8H2,1-3H3/t11?,12-,14?/m1/s1. The topological polar surface area (TPSA) is 23.5 Å². The molecule has 0 radical (unpaired) electrons. The molecule has 1 aliphatic rings. The van der Waals surface area contributed by atoms with Crippen LogP contribution in [0.15, 0.2) is 22.7 Å². The van der Waals surface area contributed by atoms with Gasteiger partial charge in [0.2, 0.25) is 0 Å². The molecule has 0 unspecified atom stereocenters. The van der Waals surface area contributed by atoms with Crippen LogP contribution in [0.1, 0.15) is 51.2 Å². The normalized spacial score (nSPS) is 25.1. The van der Waals surface area contributed by atoms with Gasteiger partial charge in [0.15, 0.2) is 0 Å². The van der Waals surface area contributed by atoms with Crippen LogP contribution in [0.4, 0.5) is 5.69 Å². The van der Waals surface area contributed by atoms with E-state index in [2.05, 4.69) is 40.9 Å². The Balaban J connectivity index is 2.12. The first kappa shape index (κ1) is 14.9. The van der Waals surface area contributed by atoms with Crippen molar-refractivity contribution in [1.82, 2.24) is 0 Å². The van der Waals surface area contributed by atoms with Crippen LogP contribution in [0.3, 0.4) is 0 Å². The molecule has 1 aromatic rings. The number of rotatable bonds is 3. The van der Waals surface area contributed by atoms with Crippen molar-refractivity contribution in [2.45, 2.75) is 51.7 Å². The van der Waals surface area contributed by atoms with Crippen molar-refractivity contribution in [3.05, 3.63) is 28.2 Å². The molecular formula is C16H24BrNO. The van der Waals surface area contributed by atoms with E-state index in [1.165, 1.54) is 31.4 Å². The van der Waals surface area contributed by atoms with Crippen molar-refractivity contribution in [3.63, 3.8) is 0 Å². The van der Waals surface area contributed by atoms with Gasteiger partial charge in [-0.25, -0.2) is 0 Å². The van der Waals surface area contributed by atoms with Crippen molar-refractivity contribution < 1.29 is 5.11 Å². The van der Waals surface area contributed by atoms with Gasteiger partial charge in [0.1, 0.15) is 0 Å². The van der Waals surface area contributed by atoms with Crippen LogP contribution in [0.5, 0.6) is 0 Å². The summed E-state index contributed by atoms with van der Waals surface area (Å²) in [6.07, 6.45) is 4.81. The highest BCUT2D eigenvalue weighted by atomic mass is 79.9. The van der Waals surface area contributed by atoms with Crippen LogP contribution in [-0.4, -0.2) is 18.2 Å². The van der Waals surface area contributed by atoms with E-state index >= 15 is 0 Å². The van der Waals surface area contributed by atoms with Gasteiger partial charge in [-0.3, -0.25) is 0 Å². The van der Waals surface area contributed by atoms with Crippen molar-refractivity contribution in [2.75, 3.05) is 11.9 Å². The second-order valence-corrected chi connectivity index (χ2v) is 6.77. The lowest BCUT2D eigenvalue weighted by Gasteiger charge is -2.35. The van der Waals surface area contributed by atoms with Crippen molar-refractivity contribution in [2.24, 2.45) is 5.92 Å². The summed E-state index contributed by atoms with van der Waals surface area (Å²) in [5.41, 5.74) is 2.19. The van der Waals surface area contributed by atoms with E-state index in [4.69, 9.17) is 0 Å². The highest BCUT2D eigenvalue weighted by molar-refractivity contribution is 9.10. The fourth-order valence-electron chi connectivity index (χ4n) is 2.90. The zero-order valence-electron chi connectivity index (χ0n) is 12.1. The number of halogens is 1. The van der Waals surface area contributed by atoms with Crippen molar-refractivity contribution >= 4 is 21.6 Å². The van der Waals surface area contributed by atoms with E-state index in [-0.39, 0.29) is 0 Å². The maximum atomic E-state index is 9.62. The first-order valence-corrected chi connectivity index (χ1v) is 7.98. The van der Waals surface area contributed by atoms with Gasteiger partial charge in [-0.2, -0.15) is 0 Å². The van der Waals surface area contributed by atoms with Crippen LogP contribution >= 0.6 is 15.9 Å². The van der Waals surface area contributed by atoms with Crippen LogP contribution in [0, 0.1) is 5.92 Å². The third-order valence-corrected chi connectivity index (χ3v) is 5.00. The fourth-order valence-corrected chi connectivity index (χ4v) is 3.57. The first-order chi connectivity index (χ1) is 8.99. The Bertz CT molecular complexity index is 425. The molecule has 0 saturated heterocycles. The minimum absolute atomic E-state index is 0.411. The van der Waals surface area contributed by atoms with E-state index < -0.39 is 6.10 Å². The summed E-state index contributed by atoms with van der Waals surface area (Å²) in [7, 11) is 2.18. The molecule has 1 atom stereocenters. The van der Waals surface area contributed by atoms with Gasteiger partial charge in [0, 0.05) is 17.6 Å². The van der Waals surface area contributed by atoms with Gasteiger partial charge in [0.25, 0.3) is 0 Å². The molecule has 1 saturated carbocycles. The summed E-state index contributed by atoms with van der Waals surface area (Å²) in [5.74, 6) is 0.880. The number of anilines is 1. The Kier molecular flexibility index (Phi) is 4.91. The predicted molar refractivity (Wildman–Crippen MR) is 84.6 cm³/mol. The number of hydrogen-bond acceptors (Lipinski definition) is 2. The van der Waals surface area contributed by atoms with E-state index in [1.54, 1.807) is 6.92 Å². The average molecular weight is 326 g/mol. The molecule has 0 aliphatic heterocycles. The Labute approximate surface area is 124 Å². The Hall–Kier alpha value is -0.540. The maximum Gasteiger partial charge on any atom is 0.0762 e. The van der Waals surface area contributed by atoms with E-state index in [0.29, 0.717) is 6.04 Å². The largest absolute Gasteiger partial charge is 0.389 e. The number of hydrogen-bond donors (Lipinski definition) is 1. The average Bonchev–Trinajstić information content (AvgIpc) is 2.38. The molecular weight excluding hydrogens is 302 g/mol. The van der Waals surface area contributed by atoms with Gasteiger partial charge in [-0.1, -0.05) is 13.0 Å². The Morgan fingerprint density at radius 2 is 1.89 bits per heavy atom. The molecule has 0 amide bonds. The molecule has 1 aliphatic carbocycles. The van der Waals surface area contributed by atoms with Crippen molar-refractivity contribution in [1.29, 1.82) is 0 Å². The molecule has 0 heterocycles. The lowest BCUT2D eigenvalue weighted by Crippen LogP contribution is -2.35. The van der Waals surface area contributed by atoms with Crippen molar-refractivity contribution in [3.8, 4) is 0 Å². The minimum atomic E-state index is -0.411. The summed E-state index contributed by atoms with van der Waals surface area (Å²) in [4.78, 5) is 2.39. The minimum Gasteiger partial charge on any atom is -0.389 e. The highest BCUT2D eigenvalue weighted by Crippen LogP contribution is 2.34. The van der Waals surface area contributed by atoms with Crippen LogP contribution in [-0.2, 0) is 0 Å². The predicted octanol–water partition coefficient (Wildman–Crippen LogP) is 4.52. The van der Waals surface area contributed by atoms with E-state index in [1.807, 2.05) is 12.1 Å². The summed E-state index contributed by atoms with van der Waals surface area (Å²) in [5, 5.41) is 9.62. The SMILES string of the molecule is CC1CCC(N(C)c2ccc([C@@H](C)O)cc2Br)CC1. The zero-order valence-corrected chi connectivity index (χ0v) is 13.7. The second kappa shape index (κ2) is 6.27. The van der Waals surface area contributed by atoms with E-state index in [0.717, 1.165) is 16.0 Å². The number of aliphatic hydroxyl groups is 1. The molecule has 2 rings (SSSR count). The summed E-state index contributed by atoms with van der Waals surface area (Å²) in [6.45, 7) is 4.15. The van der Waals surface area contributed by atoms with Gasteiger partial charge in [0.05, 0.1) is 11.8 Å². The first-order valence-electron chi connectivity index (χ1n) is 7.19. The summed E-state index contributed by atoms with van der Waals surface area (Å²) < 4.78 is 1.08. The molecule has 1 fully saturated rings. The third kappa shape index (κ3) is 3.51. The molecule has 1 aromatic carbocycles. The molecule has 0 bridgehead atoms. The zero-order chi connectivity index (χ0) is 14.0. The molecule has 1 N–H and O–H groups in total. The summed E-state index contributed by atoms with van der Waals surface area (Å²) in [6, 6.07) is 6.81. The fraction of sp³-hybridized carbons (Fsp3) is 0.625. The molecule has 0 spiro atoms. The van der Waals surface area contributed by atoms with Crippen LogP contribution < -0.4 is 4.90 Å². The highest BCUT2D eigenvalue weighted by Gasteiger charge is 2.23. The van der Waals surface area contributed by atoms with Gasteiger partial charge >= 0.3 is 0 Å². The molecule has 0 aromatic heterocycles. The molecule has 2 nitrogen and oxygen atoms in total. The maximum absolute atomic E-state index is 9.62. The lowest BCUT2D eigenvalue weighted by molar-refractivity contribution is 0.199. The smallest absolute Gasteiger partial charge is 0.0762 e.